The number of halogens is 2. The normalized spacial score (nSPS) is 17.7. The van der Waals surface area contributed by atoms with Gasteiger partial charge in [-0.25, -0.2) is 8.42 Å². The Hall–Kier alpha value is -0.820. The topological polar surface area (TPSA) is 66.5 Å². The van der Waals surface area contributed by atoms with Crippen molar-refractivity contribution in [1.29, 1.82) is 0 Å². The molecule has 1 N–H and O–H groups in total. The lowest BCUT2D eigenvalue weighted by Crippen LogP contribution is -2.42. The van der Waals surface area contributed by atoms with Gasteiger partial charge in [-0.1, -0.05) is 29.3 Å². The average Bonchev–Trinajstić information content (AvgIpc) is 2.49. The summed E-state index contributed by atoms with van der Waals surface area (Å²) in [7, 11) is -2.11. The fourth-order valence-electron chi connectivity index (χ4n) is 2.38. The van der Waals surface area contributed by atoms with Crippen molar-refractivity contribution in [3.8, 4) is 0 Å². The number of amides is 1. The molecule has 1 saturated heterocycles. The Labute approximate surface area is 134 Å². The van der Waals surface area contributed by atoms with E-state index in [0.717, 1.165) is 0 Å². The average molecular weight is 351 g/mol. The number of rotatable bonds is 3. The van der Waals surface area contributed by atoms with Crippen molar-refractivity contribution in [2.75, 3.05) is 20.1 Å². The zero-order valence-corrected chi connectivity index (χ0v) is 13.8. The van der Waals surface area contributed by atoms with E-state index in [4.69, 9.17) is 23.2 Å². The van der Waals surface area contributed by atoms with Crippen molar-refractivity contribution in [2.45, 2.75) is 17.7 Å². The van der Waals surface area contributed by atoms with Crippen LogP contribution in [0.5, 0.6) is 0 Å². The first-order chi connectivity index (χ1) is 9.87. The molecule has 1 aromatic carbocycles. The van der Waals surface area contributed by atoms with Crippen LogP contribution in [-0.2, 0) is 14.8 Å². The summed E-state index contributed by atoms with van der Waals surface area (Å²) in [6.07, 6.45) is 0.994. The molecule has 1 aromatic rings. The van der Waals surface area contributed by atoms with Crippen molar-refractivity contribution >= 4 is 39.1 Å². The van der Waals surface area contributed by atoms with E-state index in [1.165, 1.54) is 10.4 Å². The monoisotopic (exact) mass is 350 g/mol. The first-order valence-corrected chi connectivity index (χ1v) is 8.73. The number of nitrogens with one attached hydrogen (secondary N) is 1. The first kappa shape index (κ1) is 16.5. The van der Waals surface area contributed by atoms with Crippen LogP contribution in [0.25, 0.3) is 0 Å². The molecule has 2 rings (SSSR count). The largest absolute Gasteiger partial charge is 0.359 e. The van der Waals surface area contributed by atoms with E-state index >= 15 is 0 Å². The van der Waals surface area contributed by atoms with Crippen LogP contribution in [0.2, 0.25) is 10.0 Å². The number of piperidine rings is 1. The molecule has 1 fully saturated rings. The van der Waals surface area contributed by atoms with E-state index in [2.05, 4.69) is 5.32 Å². The molecular weight excluding hydrogens is 335 g/mol. The fourth-order valence-corrected chi connectivity index (χ4v) is 4.59. The van der Waals surface area contributed by atoms with E-state index in [-0.39, 0.29) is 26.8 Å². The van der Waals surface area contributed by atoms with Crippen LogP contribution in [0.1, 0.15) is 12.8 Å². The van der Waals surface area contributed by atoms with Crippen LogP contribution in [0, 0.1) is 5.92 Å². The number of benzene rings is 1. The summed E-state index contributed by atoms with van der Waals surface area (Å²) in [6, 6.07) is 4.54. The summed E-state index contributed by atoms with van der Waals surface area (Å²) in [5.74, 6) is -0.191. The van der Waals surface area contributed by atoms with Crippen LogP contribution < -0.4 is 5.32 Å². The molecular formula is C13H16Cl2N2O3S. The first-order valence-electron chi connectivity index (χ1n) is 6.53. The summed E-state index contributed by atoms with van der Waals surface area (Å²) >= 11 is 11.9. The van der Waals surface area contributed by atoms with Gasteiger partial charge in [0.15, 0.2) is 0 Å². The van der Waals surface area contributed by atoms with Gasteiger partial charge in [0.2, 0.25) is 15.9 Å². The van der Waals surface area contributed by atoms with Crippen LogP contribution in [0.4, 0.5) is 0 Å². The molecule has 0 aromatic heterocycles. The summed E-state index contributed by atoms with van der Waals surface area (Å²) in [6.45, 7) is 0.590. The Bertz CT molecular complexity index is 641. The van der Waals surface area contributed by atoms with Crippen LogP contribution in [0.15, 0.2) is 23.1 Å². The highest BCUT2D eigenvalue weighted by Crippen LogP contribution is 2.32. The predicted octanol–water partition coefficient (Wildman–Crippen LogP) is 2.14. The molecule has 1 aliphatic heterocycles. The standard InChI is InChI=1S/C13H16Cl2N2O3S/c1-16-13(18)9-5-7-17(8-6-9)21(19,20)11-4-2-3-10(14)12(11)15/h2-4,9H,5-8H2,1H3,(H,16,18). The van der Waals surface area contributed by atoms with Crippen molar-refractivity contribution in [3.05, 3.63) is 28.2 Å². The van der Waals surface area contributed by atoms with Crippen LogP contribution in [0.3, 0.4) is 0 Å². The Morgan fingerprint density at radius 3 is 2.48 bits per heavy atom. The highest BCUT2D eigenvalue weighted by Gasteiger charge is 2.33. The predicted molar refractivity (Wildman–Crippen MR) is 82.0 cm³/mol. The molecule has 0 aliphatic carbocycles. The lowest BCUT2D eigenvalue weighted by atomic mass is 9.97. The van der Waals surface area contributed by atoms with Gasteiger partial charge in [-0.2, -0.15) is 4.31 Å². The van der Waals surface area contributed by atoms with Crippen molar-refractivity contribution < 1.29 is 13.2 Å². The Balaban J connectivity index is 2.19. The van der Waals surface area contributed by atoms with Gasteiger partial charge in [0, 0.05) is 26.1 Å². The SMILES string of the molecule is CNC(=O)C1CCN(S(=O)(=O)c2cccc(Cl)c2Cl)CC1. The number of carbonyl (C=O) groups is 1. The van der Waals surface area contributed by atoms with Crippen molar-refractivity contribution in [1.82, 2.24) is 9.62 Å². The van der Waals surface area contributed by atoms with Crippen LogP contribution >= 0.6 is 23.2 Å². The quantitative estimate of drug-likeness (QED) is 0.907. The second-order valence-corrected chi connectivity index (χ2v) is 7.54. The maximum absolute atomic E-state index is 12.6. The van der Waals surface area contributed by atoms with Gasteiger partial charge in [0.25, 0.3) is 0 Å². The van der Waals surface area contributed by atoms with Gasteiger partial charge in [-0.15, -0.1) is 0 Å². The zero-order chi connectivity index (χ0) is 15.6. The van der Waals surface area contributed by atoms with E-state index < -0.39 is 10.0 Å². The van der Waals surface area contributed by atoms with Gasteiger partial charge in [0.1, 0.15) is 4.90 Å². The second kappa shape index (κ2) is 6.52. The molecule has 0 unspecified atom stereocenters. The maximum atomic E-state index is 12.6. The third-order valence-electron chi connectivity index (χ3n) is 3.61. The van der Waals surface area contributed by atoms with Crippen molar-refractivity contribution in [3.63, 3.8) is 0 Å². The number of hydrogen-bond donors (Lipinski definition) is 1. The van der Waals surface area contributed by atoms with E-state index in [0.29, 0.717) is 25.9 Å². The highest BCUT2D eigenvalue weighted by atomic mass is 35.5. The summed E-state index contributed by atoms with van der Waals surface area (Å²) in [4.78, 5) is 11.6. The zero-order valence-electron chi connectivity index (χ0n) is 11.5. The Morgan fingerprint density at radius 1 is 1.29 bits per heavy atom. The van der Waals surface area contributed by atoms with Gasteiger partial charge in [0.05, 0.1) is 10.0 Å². The minimum absolute atomic E-state index is 0.00931. The third kappa shape index (κ3) is 3.34. The molecule has 8 heteroatoms. The Morgan fingerprint density at radius 2 is 1.90 bits per heavy atom. The maximum Gasteiger partial charge on any atom is 0.244 e. The number of hydrogen-bond acceptors (Lipinski definition) is 3. The molecule has 0 spiro atoms. The minimum Gasteiger partial charge on any atom is -0.359 e. The number of nitrogens with zero attached hydrogens (tertiary/aromatic N) is 1. The highest BCUT2D eigenvalue weighted by molar-refractivity contribution is 7.89. The van der Waals surface area contributed by atoms with E-state index in [1.54, 1.807) is 19.2 Å². The molecule has 0 radical (unpaired) electrons. The molecule has 116 valence electrons. The molecule has 1 aliphatic rings. The molecule has 5 nitrogen and oxygen atoms in total. The van der Waals surface area contributed by atoms with Gasteiger partial charge < -0.3 is 5.32 Å². The minimum atomic E-state index is -3.69. The lowest BCUT2D eigenvalue weighted by molar-refractivity contribution is -0.125. The lowest BCUT2D eigenvalue weighted by Gasteiger charge is -2.30. The molecule has 1 heterocycles. The smallest absolute Gasteiger partial charge is 0.244 e. The molecule has 0 saturated carbocycles. The molecule has 0 bridgehead atoms. The van der Waals surface area contributed by atoms with Crippen molar-refractivity contribution in [2.24, 2.45) is 5.92 Å². The molecule has 21 heavy (non-hydrogen) atoms. The number of carbonyl (C=O) groups excluding carboxylic acids is 1. The van der Waals surface area contributed by atoms with Gasteiger partial charge in [-0.3, -0.25) is 4.79 Å². The summed E-state index contributed by atoms with van der Waals surface area (Å²) < 4.78 is 26.5. The fraction of sp³-hybridized carbons (Fsp3) is 0.462. The second-order valence-electron chi connectivity index (χ2n) is 4.84. The molecule has 0 atom stereocenters. The van der Waals surface area contributed by atoms with Gasteiger partial charge >= 0.3 is 0 Å². The molecule has 1 amide bonds. The summed E-state index contributed by atoms with van der Waals surface area (Å²) in [5, 5.41) is 2.83. The summed E-state index contributed by atoms with van der Waals surface area (Å²) in [5.41, 5.74) is 0. The van der Waals surface area contributed by atoms with Crippen LogP contribution in [-0.4, -0.2) is 38.8 Å². The number of sulfonamides is 1. The van der Waals surface area contributed by atoms with Gasteiger partial charge in [-0.05, 0) is 25.0 Å². The van der Waals surface area contributed by atoms with E-state index in [9.17, 15) is 13.2 Å². The Kier molecular flexibility index (Phi) is 5.14. The van der Waals surface area contributed by atoms with E-state index in [1.807, 2.05) is 0 Å². The third-order valence-corrected chi connectivity index (χ3v) is 6.48.